The number of aryl methyl sites for hydroxylation is 1. The summed E-state index contributed by atoms with van der Waals surface area (Å²) in [5.41, 5.74) is 2.78. The van der Waals surface area contributed by atoms with Crippen LogP contribution in [0.4, 0.5) is 11.4 Å². The molecule has 0 spiro atoms. The Morgan fingerprint density at radius 3 is 2.71 bits per heavy atom. The van der Waals surface area contributed by atoms with Crippen LogP contribution in [0.25, 0.3) is 0 Å². The lowest BCUT2D eigenvalue weighted by Crippen LogP contribution is -2.25. The number of non-ortho nitro benzene ring substituents is 1. The minimum absolute atomic E-state index is 0.0447. The average Bonchev–Trinajstić information content (AvgIpc) is 3.24. The standard InChI is InChI=1S/C22H24N6O6/c1-12-17(25-13(2)19(12)21(31)23-9-5-3-4-6-18(29)30)11-24-27-20-15-10-14(28(33)34)7-8-16(15)26-22(20)32/h7-8,10-11,25H,3-6,9H2,1-2H3,(H,23,31)(H,29,30)(H,26,27,32)/b24-11+. The molecule has 0 fully saturated rings. The van der Waals surface area contributed by atoms with Gasteiger partial charge in [-0.25, -0.2) is 0 Å². The third-order valence-corrected chi connectivity index (χ3v) is 5.33. The van der Waals surface area contributed by atoms with Gasteiger partial charge in [0.05, 0.1) is 28.1 Å². The summed E-state index contributed by atoms with van der Waals surface area (Å²) in [7, 11) is 0. The first-order valence-electron chi connectivity index (χ1n) is 10.6. The lowest BCUT2D eigenvalue weighted by Gasteiger charge is -2.05. The largest absolute Gasteiger partial charge is 0.481 e. The molecule has 1 aliphatic rings. The minimum atomic E-state index is -0.832. The fourth-order valence-corrected chi connectivity index (χ4v) is 3.61. The highest BCUT2D eigenvalue weighted by atomic mass is 16.6. The smallest absolute Gasteiger partial charge is 0.303 e. The second-order valence-electron chi connectivity index (χ2n) is 7.76. The number of carbonyl (C=O) groups is 3. The average molecular weight is 468 g/mol. The molecule has 3 rings (SSSR count). The lowest BCUT2D eigenvalue weighted by molar-refractivity contribution is -0.384. The summed E-state index contributed by atoms with van der Waals surface area (Å²) in [5.74, 6) is -1.61. The highest BCUT2D eigenvalue weighted by Gasteiger charge is 2.28. The molecule has 12 heteroatoms. The van der Waals surface area contributed by atoms with Crippen LogP contribution >= 0.6 is 0 Å². The predicted octanol–water partition coefficient (Wildman–Crippen LogP) is 2.69. The zero-order chi connectivity index (χ0) is 24.8. The first-order chi connectivity index (χ1) is 16.2. The number of nitro benzene ring substituents is 1. The molecule has 4 N–H and O–H groups in total. The maximum atomic E-state index is 12.6. The Balaban J connectivity index is 1.68. The van der Waals surface area contributed by atoms with Crippen LogP contribution in [0.2, 0.25) is 0 Å². The monoisotopic (exact) mass is 468 g/mol. The van der Waals surface area contributed by atoms with Crippen LogP contribution in [0.5, 0.6) is 0 Å². The Labute approximate surface area is 194 Å². The van der Waals surface area contributed by atoms with Crippen LogP contribution < -0.4 is 10.6 Å². The van der Waals surface area contributed by atoms with E-state index in [1.54, 1.807) is 13.8 Å². The van der Waals surface area contributed by atoms with E-state index in [-0.39, 0.29) is 23.7 Å². The number of nitro groups is 1. The van der Waals surface area contributed by atoms with Gasteiger partial charge >= 0.3 is 5.97 Å². The number of carboxylic acid groups (broad SMARTS) is 1. The molecular formula is C22H24N6O6. The molecule has 34 heavy (non-hydrogen) atoms. The number of aliphatic carboxylic acids is 1. The summed E-state index contributed by atoms with van der Waals surface area (Å²) in [5, 5.41) is 33.0. The van der Waals surface area contributed by atoms with Gasteiger partial charge in [0.15, 0.2) is 5.71 Å². The van der Waals surface area contributed by atoms with E-state index >= 15 is 0 Å². The van der Waals surface area contributed by atoms with E-state index in [1.807, 2.05) is 0 Å². The molecular weight excluding hydrogens is 444 g/mol. The zero-order valence-corrected chi connectivity index (χ0v) is 18.7. The van der Waals surface area contributed by atoms with Crippen LogP contribution in [0.1, 0.15) is 58.6 Å². The number of nitrogens with zero attached hydrogens (tertiary/aromatic N) is 3. The van der Waals surface area contributed by atoms with E-state index in [9.17, 15) is 24.5 Å². The second kappa shape index (κ2) is 10.5. The van der Waals surface area contributed by atoms with Crippen molar-refractivity contribution in [3.63, 3.8) is 0 Å². The van der Waals surface area contributed by atoms with E-state index in [0.29, 0.717) is 59.6 Å². The lowest BCUT2D eigenvalue weighted by atomic mass is 10.1. The van der Waals surface area contributed by atoms with Crippen molar-refractivity contribution in [3.05, 3.63) is 56.4 Å². The van der Waals surface area contributed by atoms with Crippen molar-refractivity contribution in [2.75, 3.05) is 11.9 Å². The number of aromatic nitrogens is 1. The van der Waals surface area contributed by atoms with Crippen molar-refractivity contribution in [2.24, 2.45) is 10.2 Å². The van der Waals surface area contributed by atoms with E-state index < -0.39 is 16.8 Å². The quantitative estimate of drug-likeness (QED) is 0.180. The van der Waals surface area contributed by atoms with Gasteiger partial charge in [0.1, 0.15) is 0 Å². The number of aromatic amines is 1. The molecule has 1 aromatic heterocycles. The highest BCUT2D eigenvalue weighted by Crippen LogP contribution is 2.27. The van der Waals surface area contributed by atoms with Gasteiger partial charge < -0.3 is 20.7 Å². The van der Waals surface area contributed by atoms with Crippen molar-refractivity contribution in [1.29, 1.82) is 0 Å². The highest BCUT2D eigenvalue weighted by molar-refractivity contribution is 6.53. The number of carbonyl (C=O) groups excluding carboxylic acids is 2. The van der Waals surface area contributed by atoms with Crippen LogP contribution in [0.15, 0.2) is 28.4 Å². The summed E-state index contributed by atoms with van der Waals surface area (Å²) in [6.45, 7) is 3.93. The maximum absolute atomic E-state index is 12.6. The van der Waals surface area contributed by atoms with Crippen LogP contribution in [0, 0.1) is 24.0 Å². The Bertz CT molecular complexity index is 1210. The molecule has 1 aliphatic heterocycles. The maximum Gasteiger partial charge on any atom is 0.303 e. The molecule has 0 bridgehead atoms. The van der Waals surface area contributed by atoms with Gasteiger partial charge in [-0.1, -0.05) is 6.42 Å². The molecule has 2 heterocycles. The molecule has 2 aromatic rings. The number of nitrogens with one attached hydrogen (secondary N) is 3. The number of carboxylic acids is 1. The fraction of sp³-hybridized carbons (Fsp3) is 0.318. The number of rotatable bonds is 10. The summed E-state index contributed by atoms with van der Waals surface area (Å²) in [4.78, 5) is 48.8. The summed E-state index contributed by atoms with van der Waals surface area (Å²) >= 11 is 0. The molecule has 0 saturated heterocycles. The van der Waals surface area contributed by atoms with Gasteiger partial charge in [-0.05, 0) is 38.3 Å². The van der Waals surface area contributed by atoms with Crippen molar-refractivity contribution in [1.82, 2.24) is 10.3 Å². The summed E-state index contributed by atoms with van der Waals surface area (Å²) < 4.78 is 0. The molecule has 12 nitrogen and oxygen atoms in total. The molecule has 0 radical (unpaired) electrons. The van der Waals surface area contributed by atoms with Crippen molar-refractivity contribution >= 4 is 41.1 Å². The van der Waals surface area contributed by atoms with Crippen molar-refractivity contribution in [2.45, 2.75) is 39.5 Å². The Hall–Kier alpha value is -4.35. The van der Waals surface area contributed by atoms with E-state index in [1.165, 1.54) is 24.4 Å². The molecule has 1 aromatic carbocycles. The summed E-state index contributed by atoms with van der Waals surface area (Å²) in [6, 6.07) is 3.99. The van der Waals surface area contributed by atoms with E-state index in [0.717, 1.165) is 0 Å². The normalized spacial score (nSPS) is 13.8. The SMILES string of the molecule is Cc1[nH]c(/C=N/N=C2\C(=O)Nc3ccc([N+](=O)[O-])cc32)c(C)c1C(=O)NCCCCCC(=O)O. The third-order valence-electron chi connectivity index (χ3n) is 5.33. The van der Waals surface area contributed by atoms with Gasteiger partial charge in [0.25, 0.3) is 17.5 Å². The van der Waals surface area contributed by atoms with E-state index in [2.05, 4.69) is 25.8 Å². The third kappa shape index (κ3) is 5.52. The molecule has 0 atom stereocenters. The van der Waals surface area contributed by atoms with Crippen LogP contribution in [0.3, 0.4) is 0 Å². The number of H-pyrrole nitrogens is 1. The molecule has 2 amide bonds. The van der Waals surface area contributed by atoms with Crippen LogP contribution in [-0.2, 0) is 9.59 Å². The van der Waals surface area contributed by atoms with Crippen LogP contribution in [-0.4, -0.2) is 51.3 Å². The van der Waals surface area contributed by atoms with Gasteiger partial charge in [0.2, 0.25) is 0 Å². The Morgan fingerprint density at radius 1 is 1.24 bits per heavy atom. The molecule has 0 aliphatic carbocycles. The topological polar surface area (TPSA) is 179 Å². The number of hydrogen-bond acceptors (Lipinski definition) is 7. The number of benzene rings is 1. The van der Waals surface area contributed by atoms with Gasteiger partial charge in [-0.3, -0.25) is 24.5 Å². The first kappa shape index (κ1) is 24.3. The molecule has 0 unspecified atom stereocenters. The predicted molar refractivity (Wildman–Crippen MR) is 125 cm³/mol. The van der Waals surface area contributed by atoms with E-state index in [4.69, 9.17) is 5.11 Å². The zero-order valence-electron chi connectivity index (χ0n) is 18.7. The van der Waals surface area contributed by atoms with Crippen molar-refractivity contribution in [3.8, 4) is 0 Å². The number of amides is 2. The molecule has 178 valence electrons. The number of unbranched alkanes of at least 4 members (excludes halogenated alkanes) is 2. The second-order valence-corrected chi connectivity index (χ2v) is 7.76. The minimum Gasteiger partial charge on any atom is -0.481 e. The number of anilines is 1. The fourth-order valence-electron chi connectivity index (χ4n) is 3.61. The number of fused-ring (bicyclic) bond motifs is 1. The first-order valence-corrected chi connectivity index (χ1v) is 10.6. The summed E-state index contributed by atoms with van der Waals surface area (Å²) in [6.07, 6.45) is 3.43. The van der Waals surface area contributed by atoms with Crippen molar-refractivity contribution < 1.29 is 24.4 Å². The van der Waals surface area contributed by atoms with Gasteiger partial charge in [-0.15, -0.1) is 5.10 Å². The van der Waals surface area contributed by atoms with Gasteiger partial charge in [-0.2, -0.15) is 5.10 Å². The molecule has 0 saturated carbocycles. The Kier molecular flexibility index (Phi) is 7.51. The number of hydrogen-bond donors (Lipinski definition) is 4. The Morgan fingerprint density at radius 2 is 2.00 bits per heavy atom. The van der Waals surface area contributed by atoms with Gasteiger partial charge in [0, 0.05) is 36.4 Å².